The van der Waals surface area contributed by atoms with E-state index in [0.29, 0.717) is 6.54 Å². The van der Waals surface area contributed by atoms with Crippen LogP contribution in [0.4, 0.5) is 0 Å². The van der Waals surface area contributed by atoms with Gasteiger partial charge in [-0.05, 0) is 26.0 Å². The molecule has 1 aromatic heterocycles. The van der Waals surface area contributed by atoms with Crippen LogP contribution >= 0.6 is 11.3 Å². The average Bonchev–Trinajstić information content (AvgIpc) is 2.59. The molecule has 1 aromatic rings. The fourth-order valence-corrected chi connectivity index (χ4v) is 1.84. The van der Waals surface area contributed by atoms with Gasteiger partial charge < -0.3 is 10.1 Å². The molecule has 1 amide bonds. The molecule has 0 fully saturated rings. The smallest absolute Gasteiger partial charge is 0.249 e. The van der Waals surface area contributed by atoms with Crippen molar-refractivity contribution in [2.24, 2.45) is 0 Å². The SMILES string of the molecule is COC(C)C(=O)NCc1ccc(C)s1. The van der Waals surface area contributed by atoms with Crippen molar-refractivity contribution in [1.82, 2.24) is 5.32 Å². The van der Waals surface area contributed by atoms with Gasteiger partial charge in [0.15, 0.2) is 0 Å². The van der Waals surface area contributed by atoms with Crippen molar-refractivity contribution in [3.8, 4) is 0 Å². The van der Waals surface area contributed by atoms with Crippen molar-refractivity contribution in [1.29, 1.82) is 0 Å². The standard InChI is InChI=1S/C10H15NO2S/c1-7-4-5-9(14-7)6-11-10(12)8(2)13-3/h4-5,8H,6H2,1-3H3,(H,11,12). The van der Waals surface area contributed by atoms with Gasteiger partial charge in [-0.3, -0.25) is 4.79 Å². The van der Waals surface area contributed by atoms with Crippen LogP contribution in [-0.4, -0.2) is 19.1 Å². The van der Waals surface area contributed by atoms with Gasteiger partial charge in [0.25, 0.3) is 0 Å². The third kappa shape index (κ3) is 3.12. The fourth-order valence-electron chi connectivity index (χ4n) is 1.01. The maximum absolute atomic E-state index is 11.3. The van der Waals surface area contributed by atoms with Crippen molar-refractivity contribution in [3.05, 3.63) is 21.9 Å². The minimum absolute atomic E-state index is 0.0708. The Kier molecular flexibility index (Phi) is 4.10. The number of amides is 1. The van der Waals surface area contributed by atoms with Crippen LogP contribution in [0.25, 0.3) is 0 Å². The van der Waals surface area contributed by atoms with Gasteiger partial charge in [-0.1, -0.05) is 0 Å². The van der Waals surface area contributed by atoms with Gasteiger partial charge in [-0.15, -0.1) is 11.3 Å². The van der Waals surface area contributed by atoms with Crippen molar-refractivity contribution >= 4 is 17.2 Å². The van der Waals surface area contributed by atoms with E-state index in [-0.39, 0.29) is 12.0 Å². The average molecular weight is 213 g/mol. The second-order valence-electron chi connectivity index (χ2n) is 3.11. The first-order valence-electron chi connectivity index (χ1n) is 4.49. The van der Waals surface area contributed by atoms with E-state index in [4.69, 9.17) is 4.74 Å². The van der Waals surface area contributed by atoms with Crippen molar-refractivity contribution < 1.29 is 9.53 Å². The second kappa shape index (κ2) is 5.12. The third-order valence-corrected chi connectivity index (χ3v) is 2.96. The minimum Gasteiger partial charge on any atom is -0.372 e. The highest BCUT2D eigenvalue weighted by atomic mass is 32.1. The van der Waals surface area contributed by atoms with Crippen molar-refractivity contribution in [2.75, 3.05) is 7.11 Å². The van der Waals surface area contributed by atoms with Crippen LogP contribution in [0.3, 0.4) is 0 Å². The summed E-state index contributed by atoms with van der Waals surface area (Å²) in [5, 5.41) is 2.81. The fraction of sp³-hybridized carbons (Fsp3) is 0.500. The molecule has 0 radical (unpaired) electrons. The lowest BCUT2D eigenvalue weighted by Gasteiger charge is -2.09. The van der Waals surface area contributed by atoms with Crippen molar-refractivity contribution in [2.45, 2.75) is 26.5 Å². The summed E-state index contributed by atoms with van der Waals surface area (Å²) < 4.78 is 4.90. The highest BCUT2D eigenvalue weighted by molar-refractivity contribution is 7.11. The number of nitrogens with one attached hydrogen (secondary N) is 1. The number of hydrogen-bond acceptors (Lipinski definition) is 3. The molecule has 0 aliphatic carbocycles. The Hall–Kier alpha value is -0.870. The number of aryl methyl sites for hydroxylation is 1. The highest BCUT2D eigenvalue weighted by Gasteiger charge is 2.10. The molecule has 0 saturated heterocycles. The molecule has 0 bridgehead atoms. The maximum Gasteiger partial charge on any atom is 0.249 e. The van der Waals surface area contributed by atoms with Gasteiger partial charge in [-0.25, -0.2) is 0 Å². The highest BCUT2D eigenvalue weighted by Crippen LogP contribution is 2.14. The summed E-state index contributed by atoms with van der Waals surface area (Å²) in [6.45, 7) is 4.37. The zero-order chi connectivity index (χ0) is 10.6. The van der Waals surface area contributed by atoms with E-state index in [9.17, 15) is 4.79 Å². The lowest BCUT2D eigenvalue weighted by molar-refractivity contribution is -0.130. The van der Waals surface area contributed by atoms with Gasteiger partial charge in [-0.2, -0.15) is 0 Å². The molecular formula is C10H15NO2S. The molecule has 4 heteroatoms. The van der Waals surface area contributed by atoms with E-state index in [1.807, 2.05) is 19.1 Å². The third-order valence-electron chi connectivity index (χ3n) is 1.96. The van der Waals surface area contributed by atoms with Gasteiger partial charge >= 0.3 is 0 Å². The summed E-state index contributed by atoms with van der Waals surface area (Å²) in [6, 6.07) is 4.07. The maximum atomic E-state index is 11.3. The Morgan fingerprint density at radius 1 is 1.64 bits per heavy atom. The van der Waals surface area contributed by atoms with Gasteiger partial charge in [0, 0.05) is 16.9 Å². The van der Waals surface area contributed by atoms with Gasteiger partial charge in [0.05, 0.1) is 6.54 Å². The second-order valence-corrected chi connectivity index (χ2v) is 4.48. The normalized spacial score (nSPS) is 12.5. The van der Waals surface area contributed by atoms with Crippen molar-refractivity contribution in [3.63, 3.8) is 0 Å². The Bertz CT molecular complexity index is 309. The summed E-state index contributed by atoms with van der Waals surface area (Å²) in [7, 11) is 1.53. The molecule has 78 valence electrons. The van der Waals surface area contributed by atoms with E-state index in [1.54, 1.807) is 18.3 Å². The largest absolute Gasteiger partial charge is 0.372 e. The Morgan fingerprint density at radius 2 is 2.36 bits per heavy atom. The number of carbonyl (C=O) groups excluding carboxylic acids is 1. The lowest BCUT2D eigenvalue weighted by Crippen LogP contribution is -2.33. The number of rotatable bonds is 4. The van der Waals surface area contributed by atoms with Gasteiger partial charge in [0.1, 0.15) is 6.10 Å². The molecule has 1 rings (SSSR count). The zero-order valence-corrected chi connectivity index (χ0v) is 9.48. The molecule has 1 N–H and O–H groups in total. The predicted molar refractivity (Wildman–Crippen MR) is 57.4 cm³/mol. The van der Waals surface area contributed by atoms with Gasteiger partial charge in [0.2, 0.25) is 5.91 Å². The molecule has 1 heterocycles. The van der Waals surface area contributed by atoms with Crippen LogP contribution in [0.5, 0.6) is 0 Å². The number of carbonyl (C=O) groups is 1. The Balaban J connectivity index is 2.37. The molecule has 0 aromatic carbocycles. The molecule has 0 aliphatic heterocycles. The molecule has 14 heavy (non-hydrogen) atoms. The molecule has 0 spiro atoms. The molecule has 3 nitrogen and oxygen atoms in total. The number of methoxy groups -OCH3 is 1. The van der Waals surface area contributed by atoms with E-state index >= 15 is 0 Å². The first kappa shape index (κ1) is 11.2. The molecule has 0 aliphatic rings. The number of ether oxygens (including phenoxy) is 1. The predicted octanol–water partition coefficient (Wildman–Crippen LogP) is 1.71. The molecule has 0 saturated carbocycles. The summed E-state index contributed by atoms with van der Waals surface area (Å²) in [6.07, 6.45) is -0.379. The van der Waals surface area contributed by atoms with Crippen LogP contribution in [0.2, 0.25) is 0 Å². The van der Waals surface area contributed by atoms with Crippen LogP contribution < -0.4 is 5.32 Å². The first-order valence-corrected chi connectivity index (χ1v) is 5.31. The molecule has 1 atom stereocenters. The Labute approximate surface area is 88.1 Å². The first-order chi connectivity index (χ1) is 6.63. The lowest BCUT2D eigenvalue weighted by atomic mass is 10.3. The van der Waals surface area contributed by atoms with Crippen LogP contribution in [0.15, 0.2) is 12.1 Å². The molecular weight excluding hydrogens is 198 g/mol. The topological polar surface area (TPSA) is 38.3 Å². The summed E-state index contributed by atoms with van der Waals surface area (Å²) in [5.41, 5.74) is 0. The molecule has 1 unspecified atom stereocenters. The van der Waals surface area contributed by atoms with E-state index in [1.165, 1.54) is 16.9 Å². The Morgan fingerprint density at radius 3 is 2.86 bits per heavy atom. The minimum atomic E-state index is -0.379. The van der Waals surface area contributed by atoms with E-state index in [0.717, 1.165) is 0 Å². The van der Waals surface area contributed by atoms with E-state index < -0.39 is 0 Å². The monoisotopic (exact) mass is 213 g/mol. The quantitative estimate of drug-likeness (QED) is 0.827. The van der Waals surface area contributed by atoms with E-state index in [2.05, 4.69) is 5.32 Å². The summed E-state index contributed by atoms with van der Waals surface area (Å²) in [4.78, 5) is 13.7. The summed E-state index contributed by atoms with van der Waals surface area (Å²) >= 11 is 1.69. The number of thiophene rings is 1. The van der Waals surface area contributed by atoms with Crippen LogP contribution in [-0.2, 0) is 16.1 Å². The summed E-state index contributed by atoms with van der Waals surface area (Å²) in [5.74, 6) is -0.0708. The van der Waals surface area contributed by atoms with Crippen LogP contribution in [0, 0.1) is 6.92 Å². The number of hydrogen-bond donors (Lipinski definition) is 1. The van der Waals surface area contributed by atoms with Crippen LogP contribution in [0.1, 0.15) is 16.7 Å². The zero-order valence-electron chi connectivity index (χ0n) is 8.66.